The topological polar surface area (TPSA) is 90.6 Å². The number of rotatable bonds is 9. The Hall–Kier alpha value is -5.78. The molecule has 0 N–H and O–H groups in total. The van der Waals surface area contributed by atoms with Crippen LogP contribution in [0.2, 0.25) is 0 Å². The second-order valence-electron chi connectivity index (χ2n) is 13.4. The summed E-state index contributed by atoms with van der Waals surface area (Å²) in [5.41, 5.74) is -1.57. The van der Waals surface area contributed by atoms with Crippen LogP contribution in [0.1, 0.15) is 87.2 Å². The highest BCUT2D eigenvalue weighted by molar-refractivity contribution is 5.95. The molecule has 2 aromatic carbocycles. The quantitative estimate of drug-likeness (QED) is 0.0857. The van der Waals surface area contributed by atoms with Crippen LogP contribution in [0.4, 0.5) is 35.1 Å². The van der Waals surface area contributed by atoms with Crippen LogP contribution in [0.3, 0.4) is 0 Å². The number of alkyl halides is 5. The normalized spacial score (nSPS) is 17.3. The van der Waals surface area contributed by atoms with E-state index in [1.54, 1.807) is 25.3 Å². The molecule has 0 amide bonds. The van der Waals surface area contributed by atoms with Crippen molar-refractivity contribution in [1.29, 1.82) is 0 Å². The largest absolute Gasteiger partial charge is 0.435 e. The Morgan fingerprint density at radius 2 is 1.74 bits per heavy atom. The highest BCUT2D eigenvalue weighted by atomic mass is 19.4. The lowest BCUT2D eigenvalue weighted by Gasteiger charge is -2.21. The van der Waals surface area contributed by atoms with Gasteiger partial charge in [0.1, 0.15) is 29.7 Å². The van der Waals surface area contributed by atoms with Gasteiger partial charge >= 0.3 is 6.18 Å². The molecule has 0 unspecified atom stereocenters. The van der Waals surface area contributed by atoms with Gasteiger partial charge < -0.3 is 0 Å². The number of carbonyl (C=O) groups excluding carboxylic acids is 2. The molecule has 7 rings (SSSR count). The summed E-state index contributed by atoms with van der Waals surface area (Å²) in [6.45, 7) is 1.94. The van der Waals surface area contributed by atoms with Crippen molar-refractivity contribution in [1.82, 2.24) is 24.7 Å². The summed E-state index contributed by atoms with van der Waals surface area (Å²) >= 11 is 0. The fourth-order valence-corrected chi connectivity index (χ4v) is 7.08. The number of carbonyl (C=O) groups is 2. The maximum Gasteiger partial charge on any atom is 0.435 e. The van der Waals surface area contributed by atoms with Crippen molar-refractivity contribution in [3.63, 3.8) is 0 Å². The van der Waals surface area contributed by atoms with Gasteiger partial charge in [-0.25, -0.2) is 23.1 Å². The Morgan fingerprint density at radius 3 is 2.43 bits per heavy atom. The number of Topliss-reactive ketones (excluding diaryl/α,β-unsaturated/α-hetero) is 2. The molecule has 0 radical (unpaired) electrons. The predicted octanol–water partition coefficient (Wildman–Crippen LogP) is 8.28. The van der Waals surface area contributed by atoms with Gasteiger partial charge in [0.05, 0.1) is 11.3 Å². The van der Waals surface area contributed by atoms with E-state index in [1.807, 2.05) is 0 Å². The summed E-state index contributed by atoms with van der Waals surface area (Å²) in [5, 5.41) is 3.45. The smallest absolute Gasteiger partial charge is 0.298 e. The minimum absolute atomic E-state index is 0.0487. The Kier molecular flexibility index (Phi) is 9.19. The molecule has 0 spiro atoms. The van der Waals surface area contributed by atoms with Crippen LogP contribution in [-0.4, -0.2) is 36.3 Å². The van der Waals surface area contributed by atoms with Gasteiger partial charge in [-0.1, -0.05) is 12.0 Å². The second-order valence-corrected chi connectivity index (χ2v) is 13.4. The number of benzene rings is 2. The molecule has 3 heterocycles. The molecular formula is C39H27F8N5O2. The molecular weight excluding hydrogens is 722 g/mol. The predicted molar refractivity (Wildman–Crippen MR) is 177 cm³/mol. The van der Waals surface area contributed by atoms with Crippen molar-refractivity contribution < 1.29 is 44.7 Å². The minimum atomic E-state index is -5.05. The van der Waals surface area contributed by atoms with Crippen LogP contribution >= 0.6 is 0 Å². The van der Waals surface area contributed by atoms with Crippen LogP contribution < -0.4 is 0 Å². The Balaban J connectivity index is 1.34. The first kappa shape index (κ1) is 36.6. The lowest BCUT2D eigenvalue weighted by Crippen LogP contribution is -2.24. The molecule has 54 heavy (non-hydrogen) atoms. The van der Waals surface area contributed by atoms with Gasteiger partial charge in [-0.15, -0.1) is 0 Å². The number of ketones is 2. The van der Waals surface area contributed by atoms with E-state index in [0.717, 1.165) is 25.1 Å². The molecule has 1 saturated carbocycles. The van der Waals surface area contributed by atoms with Gasteiger partial charge in [-0.05, 0) is 86.1 Å². The summed E-state index contributed by atoms with van der Waals surface area (Å²) in [6, 6.07) is 9.62. The van der Waals surface area contributed by atoms with Gasteiger partial charge in [-0.3, -0.25) is 19.3 Å². The van der Waals surface area contributed by atoms with E-state index < -0.39 is 88.8 Å². The van der Waals surface area contributed by atoms with E-state index >= 15 is 8.78 Å². The number of halogens is 8. The van der Waals surface area contributed by atoms with Gasteiger partial charge in [0.2, 0.25) is 5.82 Å². The third-order valence-corrected chi connectivity index (χ3v) is 9.48. The number of nitrogens with zero attached hydrogens (tertiary/aromatic N) is 5. The molecule has 0 bridgehead atoms. The van der Waals surface area contributed by atoms with Crippen LogP contribution in [-0.2, 0) is 29.9 Å². The first-order valence-corrected chi connectivity index (χ1v) is 16.6. The van der Waals surface area contributed by atoms with Crippen molar-refractivity contribution in [2.24, 2.45) is 5.92 Å². The molecule has 2 aliphatic rings. The van der Waals surface area contributed by atoms with Gasteiger partial charge in [0, 0.05) is 59.1 Å². The molecule has 7 nitrogen and oxygen atoms in total. The van der Waals surface area contributed by atoms with Gasteiger partial charge in [0.25, 0.3) is 5.92 Å². The standard InChI is InChI=1S/C39H27F8N5O2/c1-19-9-21(7-8-48-19)3-6-33-49-17-30(23-4-5-32(42)28(14-23)20(2)53)35(50-33)24(10-22-11-25(40)15-26(41)12-22)13-27(54)18-52-37-34(36(51-52)39(45,46)47)29-16-31(29)38(37,43)44/h4-5,7-9,11-12,14-15,17,24,29,31H,10,13,16,18H2,1-2H3/t24-,29+,31-/m1/s1. The van der Waals surface area contributed by atoms with E-state index in [4.69, 9.17) is 0 Å². The van der Waals surface area contributed by atoms with Gasteiger partial charge in [0.15, 0.2) is 17.3 Å². The fourth-order valence-electron chi connectivity index (χ4n) is 7.08. The maximum atomic E-state index is 15.3. The van der Waals surface area contributed by atoms with Crippen LogP contribution in [0.5, 0.6) is 0 Å². The zero-order chi connectivity index (χ0) is 38.7. The molecule has 15 heteroatoms. The number of hydrogen-bond acceptors (Lipinski definition) is 6. The van der Waals surface area contributed by atoms with E-state index in [0.29, 0.717) is 22.0 Å². The van der Waals surface area contributed by atoms with Crippen molar-refractivity contribution in [3.8, 4) is 23.0 Å². The first-order valence-electron chi connectivity index (χ1n) is 16.6. The highest BCUT2D eigenvalue weighted by Gasteiger charge is 2.68. The number of aryl methyl sites for hydroxylation is 1. The lowest BCUT2D eigenvalue weighted by molar-refractivity contribution is -0.142. The zero-order valence-electron chi connectivity index (χ0n) is 28.4. The monoisotopic (exact) mass is 749 g/mol. The Labute approximate surface area is 302 Å². The maximum absolute atomic E-state index is 15.3. The molecule has 1 fully saturated rings. The Morgan fingerprint density at radius 1 is 1.00 bits per heavy atom. The molecule has 3 aromatic heterocycles. The molecule has 0 aliphatic heterocycles. The third-order valence-electron chi connectivity index (χ3n) is 9.48. The van der Waals surface area contributed by atoms with Crippen LogP contribution in [0, 0.1) is 42.1 Å². The lowest BCUT2D eigenvalue weighted by atomic mass is 9.87. The molecule has 3 atom stereocenters. The van der Waals surface area contributed by atoms with E-state index in [1.165, 1.54) is 18.3 Å². The van der Waals surface area contributed by atoms with Crippen LogP contribution in [0.25, 0.3) is 11.1 Å². The summed E-state index contributed by atoms with van der Waals surface area (Å²) in [5.74, 6) is -5.62. The van der Waals surface area contributed by atoms with E-state index in [2.05, 4.69) is 31.9 Å². The number of aromatic nitrogens is 5. The van der Waals surface area contributed by atoms with Crippen LogP contribution in [0.15, 0.2) is 60.9 Å². The molecule has 0 saturated heterocycles. The number of hydrogen-bond donors (Lipinski definition) is 0. The SMILES string of the molecule is CC(=O)c1cc(-c2cnc(C#Cc3ccnc(C)c3)nc2[C@@H](CC(=O)Cn2nc(C(F)(F)F)c3c2C(F)(F)[C@@H]2C[C@H]32)Cc2cc(F)cc(F)c2)ccc1F. The average Bonchev–Trinajstić information content (AvgIpc) is 3.74. The molecule has 2 aliphatic carbocycles. The zero-order valence-corrected chi connectivity index (χ0v) is 28.4. The van der Waals surface area contributed by atoms with E-state index in [-0.39, 0.29) is 46.6 Å². The van der Waals surface area contributed by atoms with Gasteiger partial charge in [-0.2, -0.15) is 27.1 Å². The summed E-state index contributed by atoms with van der Waals surface area (Å²) in [7, 11) is 0. The minimum Gasteiger partial charge on any atom is -0.298 e. The van der Waals surface area contributed by atoms with E-state index in [9.17, 15) is 35.9 Å². The van der Waals surface area contributed by atoms with Crippen molar-refractivity contribution in [2.75, 3.05) is 0 Å². The third kappa shape index (κ3) is 7.12. The van der Waals surface area contributed by atoms with Crippen molar-refractivity contribution >= 4 is 11.6 Å². The average molecular weight is 750 g/mol. The molecule has 5 aromatic rings. The van der Waals surface area contributed by atoms with Crippen molar-refractivity contribution in [3.05, 3.63) is 129 Å². The number of pyridine rings is 1. The Bertz CT molecular complexity index is 2390. The molecule has 276 valence electrons. The van der Waals surface area contributed by atoms with Crippen molar-refractivity contribution in [2.45, 2.75) is 63.6 Å². The second kappa shape index (κ2) is 13.6. The summed E-state index contributed by atoms with van der Waals surface area (Å²) in [6.07, 6.45) is -3.20. The number of fused-ring (bicyclic) bond motifs is 3. The summed E-state index contributed by atoms with van der Waals surface area (Å²) < 4.78 is 116. The first-order chi connectivity index (χ1) is 25.5. The fraction of sp³-hybridized carbons (Fsp3) is 0.282. The highest BCUT2D eigenvalue weighted by Crippen LogP contribution is 2.68. The summed E-state index contributed by atoms with van der Waals surface area (Å²) in [4.78, 5) is 39.1.